The van der Waals surface area contributed by atoms with Crippen LogP contribution in [0.1, 0.15) is 38.6 Å². The number of halogens is 1. The number of hydrogen-bond acceptors (Lipinski definition) is 7. The van der Waals surface area contributed by atoms with Crippen molar-refractivity contribution in [3.63, 3.8) is 0 Å². The Morgan fingerprint density at radius 3 is 2.71 bits per heavy atom. The van der Waals surface area contributed by atoms with Crippen LogP contribution in [0.15, 0.2) is 18.2 Å². The van der Waals surface area contributed by atoms with Crippen molar-refractivity contribution in [3.05, 3.63) is 49.5 Å². The van der Waals surface area contributed by atoms with E-state index in [9.17, 15) is 19.7 Å². The summed E-state index contributed by atoms with van der Waals surface area (Å²) in [6, 6.07) is 3.77. The van der Waals surface area contributed by atoms with Crippen LogP contribution in [0.2, 0.25) is 5.02 Å². The number of carbonyl (C=O) groups is 2. The highest BCUT2D eigenvalue weighted by Crippen LogP contribution is 2.23. The van der Waals surface area contributed by atoms with Gasteiger partial charge in [0.1, 0.15) is 4.88 Å². The van der Waals surface area contributed by atoms with E-state index in [2.05, 4.69) is 14.9 Å². The van der Waals surface area contributed by atoms with Gasteiger partial charge >= 0.3 is 0 Å². The molecule has 0 radical (unpaired) electrons. The zero-order valence-electron chi connectivity index (χ0n) is 15.1. The number of rotatable bonds is 5. The number of carbonyl (C=O) groups excluding carboxylic acids is 2. The summed E-state index contributed by atoms with van der Waals surface area (Å²) in [7, 11) is 0. The zero-order chi connectivity index (χ0) is 20.3. The molecule has 2 aromatic rings. The molecule has 1 aromatic carbocycles. The normalized spacial score (nSPS) is 14.7. The lowest BCUT2D eigenvalue weighted by atomic mass is 9.96. The second-order valence-corrected chi connectivity index (χ2v) is 7.72. The average Bonchev–Trinajstić information content (AvgIpc) is 3.12. The van der Waals surface area contributed by atoms with Gasteiger partial charge < -0.3 is 10.2 Å². The van der Waals surface area contributed by atoms with Crippen LogP contribution >= 0.6 is 23.1 Å². The summed E-state index contributed by atoms with van der Waals surface area (Å²) in [5, 5.41) is 17.7. The van der Waals surface area contributed by atoms with Crippen LogP contribution in [0, 0.1) is 23.0 Å². The number of aryl methyl sites for hydroxylation is 1. The molecule has 0 spiro atoms. The molecule has 0 atom stereocenters. The van der Waals surface area contributed by atoms with E-state index < -0.39 is 10.8 Å². The Labute approximate surface area is 170 Å². The van der Waals surface area contributed by atoms with E-state index in [1.54, 1.807) is 11.8 Å². The first kappa shape index (κ1) is 20.2. The lowest BCUT2D eigenvalue weighted by molar-refractivity contribution is -0.384. The molecule has 28 heavy (non-hydrogen) atoms. The summed E-state index contributed by atoms with van der Waals surface area (Å²) >= 11 is 7.09. The van der Waals surface area contributed by atoms with Crippen molar-refractivity contribution in [2.75, 3.05) is 19.6 Å². The summed E-state index contributed by atoms with van der Waals surface area (Å²) in [5.41, 5.74) is 0.532. The molecular weight excluding hydrogens is 406 g/mol. The van der Waals surface area contributed by atoms with Gasteiger partial charge in [-0.25, -0.2) is 0 Å². The fourth-order valence-electron chi connectivity index (χ4n) is 3.04. The molecule has 1 fully saturated rings. The van der Waals surface area contributed by atoms with Gasteiger partial charge in [-0.2, -0.15) is 0 Å². The molecule has 148 valence electrons. The quantitative estimate of drug-likeness (QED) is 0.583. The first-order chi connectivity index (χ1) is 13.4. The second-order valence-electron chi connectivity index (χ2n) is 6.55. The number of nitro groups is 1. The van der Waals surface area contributed by atoms with Crippen molar-refractivity contribution in [2.45, 2.75) is 19.8 Å². The number of nitrogens with one attached hydrogen (secondary N) is 1. The Hall–Kier alpha value is -2.59. The van der Waals surface area contributed by atoms with Crippen molar-refractivity contribution < 1.29 is 14.5 Å². The van der Waals surface area contributed by atoms with Gasteiger partial charge in [-0.3, -0.25) is 19.7 Å². The summed E-state index contributed by atoms with van der Waals surface area (Å²) in [6.07, 6.45) is 1.50. The maximum Gasteiger partial charge on any atom is 0.270 e. The highest BCUT2D eigenvalue weighted by molar-refractivity contribution is 7.07. The van der Waals surface area contributed by atoms with E-state index >= 15 is 0 Å². The van der Waals surface area contributed by atoms with E-state index in [0.717, 1.165) is 24.4 Å². The minimum atomic E-state index is -0.569. The fraction of sp³-hybridized carbons (Fsp3) is 0.412. The number of amides is 2. The van der Waals surface area contributed by atoms with Crippen LogP contribution in [0.4, 0.5) is 5.69 Å². The molecule has 1 aliphatic rings. The van der Waals surface area contributed by atoms with Crippen LogP contribution in [0.3, 0.4) is 0 Å². The van der Waals surface area contributed by atoms with Crippen molar-refractivity contribution in [3.8, 4) is 0 Å². The lowest BCUT2D eigenvalue weighted by Crippen LogP contribution is -2.41. The number of likely N-dealkylation sites (tertiary alicyclic amines) is 1. The summed E-state index contributed by atoms with van der Waals surface area (Å²) in [5.74, 6) is -0.289. The Kier molecular flexibility index (Phi) is 6.20. The van der Waals surface area contributed by atoms with E-state index in [4.69, 9.17) is 11.6 Å². The van der Waals surface area contributed by atoms with Crippen LogP contribution in [0.5, 0.6) is 0 Å². The van der Waals surface area contributed by atoms with Crippen LogP contribution in [0.25, 0.3) is 0 Å². The number of hydrogen-bond donors (Lipinski definition) is 1. The molecule has 0 bridgehead atoms. The van der Waals surface area contributed by atoms with Gasteiger partial charge in [0.2, 0.25) is 0 Å². The van der Waals surface area contributed by atoms with Crippen molar-refractivity contribution in [1.82, 2.24) is 19.8 Å². The molecule has 2 heterocycles. The number of benzene rings is 1. The third kappa shape index (κ3) is 4.45. The molecule has 2 amide bonds. The van der Waals surface area contributed by atoms with E-state index in [0.29, 0.717) is 30.2 Å². The highest BCUT2D eigenvalue weighted by atomic mass is 35.5. The zero-order valence-corrected chi connectivity index (χ0v) is 16.6. The van der Waals surface area contributed by atoms with Gasteiger partial charge in [0.25, 0.3) is 17.5 Å². The summed E-state index contributed by atoms with van der Waals surface area (Å²) in [6.45, 7) is 3.36. The number of aromatic nitrogens is 2. The van der Waals surface area contributed by atoms with Gasteiger partial charge in [-0.1, -0.05) is 16.1 Å². The minimum absolute atomic E-state index is 0.0571. The predicted octanol–water partition coefficient (Wildman–Crippen LogP) is 2.69. The van der Waals surface area contributed by atoms with Gasteiger partial charge in [0.05, 0.1) is 21.2 Å². The maximum absolute atomic E-state index is 12.5. The molecule has 1 aliphatic heterocycles. The van der Waals surface area contributed by atoms with E-state index in [1.807, 2.05) is 0 Å². The number of nitro benzene ring substituents is 1. The van der Waals surface area contributed by atoms with E-state index in [1.165, 1.54) is 18.2 Å². The summed E-state index contributed by atoms with van der Waals surface area (Å²) < 4.78 is 3.80. The fourth-order valence-corrected chi connectivity index (χ4v) is 3.87. The molecule has 1 aromatic heterocycles. The molecule has 0 saturated carbocycles. The first-order valence-corrected chi connectivity index (χ1v) is 9.82. The molecule has 1 N–H and O–H groups in total. The van der Waals surface area contributed by atoms with Crippen molar-refractivity contribution in [1.29, 1.82) is 0 Å². The maximum atomic E-state index is 12.5. The monoisotopic (exact) mass is 423 g/mol. The summed E-state index contributed by atoms with van der Waals surface area (Å²) in [4.78, 5) is 37.5. The number of nitrogens with zero attached hydrogens (tertiary/aromatic N) is 4. The Balaban J connectivity index is 1.52. The molecule has 3 rings (SSSR count). The molecule has 9 nitrogen and oxygen atoms in total. The lowest BCUT2D eigenvalue weighted by Gasteiger charge is -2.31. The Morgan fingerprint density at radius 1 is 1.39 bits per heavy atom. The third-order valence-electron chi connectivity index (χ3n) is 4.70. The van der Waals surface area contributed by atoms with Crippen LogP contribution in [-0.4, -0.2) is 50.9 Å². The second kappa shape index (κ2) is 8.61. The predicted molar refractivity (Wildman–Crippen MR) is 104 cm³/mol. The Morgan fingerprint density at radius 2 is 2.11 bits per heavy atom. The average molecular weight is 424 g/mol. The SMILES string of the molecule is Cc1nnsc1C(=O)N1CCC(CNC(=O)c2cc([N+](=O)[O-])ccc2Cl)CC1. The molecule has 11 heteroatoms. The Bertz CT molecular complexity index is 911. The van der Waals surface area contributed by atoms with Gasteiger partial charge in [0.15, 0.2) is 0 Å². The molecule has 1 saturated heterocycles. The minimum Gasteiger partial charge on any atom is -0.352 e. The standard InChI is InChI=1S/C17H18ClN5O4S/c1-10-15(28-21-20-10)17(25)22-6-4-11(5-7-22)9-19-16(24)13-8-12(23(26)27)2-3-14(13)18/h2-3,8,11H,4-7,9H2,1H3,(H,19,24). The smallest absolute Gasteiger partial charge is 0.270 e. The van der Waals surface area contributed by atoms with Crippen LogP contribution < -0.4 is 5.32 Å². The van der Waals surface area contributed by atoms with E-state index in [-0.39, 0.29) is 28.1 Å². The van der Waals surface area contributed by atoms with Gasteiger partial charge in [0, 0.05) is 31.8 Å². The van der Waals surface area contributed by atoms with Crippen LogP contribution in [-0.2, 0) is 0 Å². The van der Waals surface area contributed by atoms with Crippen molar-refractivity contribution >= 4 is 40.6 Å². The largest absolute Gasteiger partial charge is 0.352 e. The van der Waals surface area contributed by atoms with Gasteiger partial charge in [-0.05, 0) is 43.3 Å². The highest BCUT2D eigenvalue weighted by Gasteiger charge is 2.26. The number of piperidine rings is 1. The van der Waals surface area contributed by atoms with Crippen molar-refractivity contribution in [2.24, 2.45) is 5.92 Å². The molecular formula is C17H18ClN5O4S. The first-order valence-electron chi connectivity index (χ1n) is 8.67. The molecule has 0 aliphatic carbocycles. The van der Waals surface area contributed by atoms with Gasteiger partial charge in [-0.15, -0.1) is 5.10 Å². The topological polar surface area (TPSA) is 118 Å². The number of non-ortho nitro benzene ring substituents is 1. The molecule has 0 unspecified atom stereocenters. The third-order valence-corrected chi connectivity index (χ3v) is 5.85.